The van der Waals surface area contributed by atoms with Gasteiger partial charge in [0.1, 0.15) is 18.4 Å². The number of aryl methyl sites for hydroxylation is 2. The first-order valence-corrected chi connectivity index (χ1v) is 6.29. The first-order chi connectivity index (χ1) is 8.50. The Morgan fingerprint density at radius 3 is 2.67 bits per heavy atom. The van der Waals surface area contributed by atoms with Crippen LogP contribution in [-0.2, 0) is 12.6 Å². The smallest absolute Gasteiger partial charge is 0.223 e. The third kappa shape index (κ3) is 1.45. The zero-order valence-corrected chi connectivity index (χ0v) is 11.3. The minimum absolute atomic E-state index is 0.283. The summed E-state index contributed by atoms with van der Waals surface area (Å²) in [5.74, 6) is 0.981. The van der Waals surface area contributed by atoms with Crippen molar-refractivity contribution in [2.24, 2.45) is 7.05 Å². The van der Waals surface area contributed by atoms with E-state index in [-0.39, 0.29) is 5.60 Å². The Balaban J connectivity index is 2.42. The first-order valence-electron chi connectivity index (χ1n) is 6.29. The molecule has 2 aromatic rings. The Morgan fingerprint density at radius 2 is 1.89 bits per heavy atom. The summed E-state index contributed by atoms with van der Waals surface area (Å²) in [5, 5.41) is 0. The molecule has 0 radical (unpaired) electrons. The lowest BCUT2D eigenvalue weighted by Gasteiger charge is -2.33. The molecule has 0 N–H and O–H groups in total. The summed E-state index contributed by atoms with van der Waals surface area (Å²) in [6.07, 6.45) is 2.09. The van der Waals surface area contributed by atoms with E-state index in [1.165, 1.54) is 22.4 Å². The molecule has 3 rings (SSSR count). The van der Waals surface area contributed by atoms with Crippen LogP contribution in [0, 0.1) is 6.92 Å². The van der Waals surface area contributed by atoms with E-state index < -0.39 is 0 Å². The summed E-state index contributed by atoms with van der Waals surface area (Å²) in [6, 6.07) is 10.5. The quantitative estimate of drug-likeness (QED) is 0.645. The lowest BCUT2D eigenvalue weighted by atomic mass is 9.88. The number of benzene rings is 1. The van der Waals surface area contributed by atoms with Gasteiger partial charge >= 0.3 is 0 Å². The highest BCUT2D eigenvalue weighted by Gasteiger charge is 2.38. The van der Waals surface area contributed by atoms with Crippen LogP contribution in [0.1, 0.15) is 25.0 Å². The van der Waals surface area contributed by atoms with Gasteiger partial charge in [-0.05, 0) is 38.5 Å². The van der Waals surface area contributed by atoms with Gasteiger partial charge in [-0.15, -0.1) is 0 Å². The molecule has 0 saturated carbocycles. The molecule has 2 nitrogen and oxygen atoms in total. The lowest BCUT2D eigenvalue weighted by Crippen LogP contribution is -2.39. The van der Waals surface area contributed by atoms with Crippen LogP contribution in [0.15, 0.2) is 36.5 Å². The molecule has 1 aliphatic rings. The molecule has 0 aliphatic carbocycles. The van der Waals surface area contributed by atoms with Gasteiger partial charge in [-0.1, -0.05) is 12.1 Å². The number of pyridine rings is 1. The fraction of sp³-hybridized carbons (Fsp3) is 0.312. The van der Waals surface area contributed by atoms with Crippen LogP contribution >= 0.6 is 0 Å². The van der Waals surface area contributed by atoms with Gasteiger partial charge in [0.2, 0.25) is 5.69 Å². The molecule has 0 bridgehead atoms. The maximum atomic E-state index is 6.17. The van der Waals surface area contributed by atoms with Crippen LogP contribution in [0.25, 0.3) is 11.3 Å². The predicted octanol–water partition coefficient (Wildman–Crippen LogP) is 3.11. The van der Waals surface area contributed by atoms with E-state index in [1.54, 1.807) is 0 Å². The number of hydrogen-bond acceptors (Lipinski definition) is 1. The van der Waals surface area contributed by atoms with Crippen LogP contribution in [0.2, 0.25) is 0 Å². The Kier molecular flexibility index (Phi) is 2.24. The average Bonchev–Trinajstić information content (AvgIpc) is 2.29. The summed E-state index contributed by atoms with van der Waals surface area (Å²) in [4.78, 5) is 0. The summed E-state index contributed by atoms with van der Waals surface area (Å²) < 4.78 is 8.35. The number of fused-ring (bicyclic) bond motifs is 3. The second-order valence-corrected chi connectivity index (χ2v) is 5.44. The van der Waals surface area contributed by atoms with Gasteiger partial charge < -0.3 is 4.74 Å². The number of aromatic nitrogens is 1. The van der Waals surface area contributed by atoms with Crippen molar-refractivity contribution in [2.75, 3.05) is 0 Å². The Morgan fingerprint density at radius 1 is 1.11 bits per heavy atom. The molecule has 0 fully saturated rings. The van der Waals surface area contributed by atoms with Crippen LogP contribution < -0.4 is 9.30 Å². The SMILES string of the molecule is Cc1cccc2c1-c1c(ccc[n+]1C)C(C)(C)O2. The van der Waals surface area contributed by atoms with E-state index in [9.17, 15) is 0 Å². The van der Waals surface area contributed by atoms with Crippen LogP contribution in [-0.4, -0.2) is 0 Å². The molecule has 0 amide bonds. The minimum Gasteiger partial charge on any atom is -0.482 e. The second-order valence-electron chi connectivity index (χ2n) is 5.44. The van der Waals surface area contributed by atoms with E-state index in [0.29, 0.717) is 0 Å². The fourth-order valence-corrected chi connectivity index (χ4v) is 2.77. The predicted molar refractivity (Wildman–Crippen MR) is 71.4 cm³/mol. The van der Waals surface area contributed by atoms with E-state index in [1.807, 2.05) is 0 Å². The van der Waals surface area contributed by atoms with Crippen LogP contribution in [0.4, 0.5) is 0 Å². The molecular formula is C16H18NO+. The third-order valence-electron chi connectivity index (χ3n) is 3.67. The molecule has 1 aromatic heterocycles. The summed E-state index contributed by atoms with van der Waals surface area (Å²) in [7, 11) is 2.09. The van der Waals surface area contributed by atoms with Crippen molar-refractivity contribution in [1.82, 2.24) is 0 Å². The van der Waals surface area contributed by atoms with E-state index in [4.69, 9.17) is 4.74 Å². The van der Waals surface area contributed by atoms with Crippen molar-refractivity contribution in [3.8, 4) is 17.0 Å². The Hall–Kier alpha value is -1.83. The number of nitrogens with zero attached hydrogens (tertiary/aromatic N) is 1. The van der Waals surface area contributed by atoms with Gasteiger partial charge in [0.15, 0.2) is 6.20 Å². The van der Waals surface area contributed by atoms with Gasteiger partial charge in [-0.25, -0.2) is 4.57 Å². The second kappa shape index (κ2) is 3.58. The monoisotopic (exact) mass is 240 g/mol. The Labute approximate surface area is 108 Å². The third-order valence-corrected chi connectivity index (χ3v) is 3.67. The zero-order chi connectivity index (χ0) is 12.9. The zero-order valence-electron chi connectivity index (χ0n) is 11.3. The molecule has 0 atom stereocenters. The van der Waals surface area contributed by atoms with E-state index in [2.05, 4.69) is 68.9 Å². The average molecular weight is 240 g/mol. The molecule has 18 heavy (non-hydrogen) atoms. The van der Waals surface area contributed by atoms with Gasteiger partial charge in [-0.2, -0.15) is 0 Å². The molecule has 92 valence electrons. The number of hydrogen-bond donors (Lipinski definition) is 0. The molecule has 0 spiro atoms. The van der Waals surface area contributed by atoms with Crippen molar-refractivity contribution in [3.05, 3.63) is 47.7 Å². The van der Waals surface area contributed by atoms with Crippen molar-refractivity contribution < 1.29 is 9.30 Å². The Bertz CT molecular complexity index is 629. The molecule has 1 aromatic carbocycles. The van der Waals surface area contributed by atoms with Gasteiger partial charge in [-0.3, -0.25) is 0 Å². The van der Waals surface area contributed by atoms with Gasteiger partial charge in [0.05, 0.1) is 11.1 Å². The normalized spacial score (nSPS) is 15.6. The van der Waals surface area contributed by atoms with Crippen molar-refractivity contribution >= 4 is 0 Å². The summed E-state index contributed by atoms with van der Waals surface area (Å²) in [6.45, 7) is 6.38. The molecule has 2 heteroatoms. The summed E-state index contributed by atoms with van der Waals surface area (Å²) in [5.41, 5.74) is 4.70. The molecule has 1 aliphatic heterocycles. The highest BCUT2D eigenvalue weighted by Crippen LogP contribution is 2.44. The summed E-state index contributed by atoms with van der Waals surface area (Å²) >= 11 is 0. The fourth-order valence-electron chi connectivity index (χ4n) is 2.77. The van der Waals surface area contributed by atoms with Crippen LogP contribution in [0.3, 0.4) is 0 Å². The van der Waals surface area contributed by atoms with E-state index in [0.717, 1.165) is 5.75 Å². The highest BCUT2D eigenvalue weighted by molar-refractivity contribution is 5.74. The maximum Gasteiger partial charge on any atom is 0.223 e. The topological polar surface area (TPSA) is 13.1 Å². The first kappa shape index (κ1) is 11.3. The van der Waals surface area contributed by atoms with Gasteiger partial charge in [0.25, 0.3) is 0 Å². The van der Waals surface area contributed by atoms with Crippen molar-refractivity contribution in [1.29, 1.82) is 0 Å². The maximum absolute atomic E-state index is 6.17. The molecular weight excluding hydrogens is 222 g/mol. The van der Waals surface area contributed by atoms with E-state index >= 15 is 0 Å². The number of rotatable bonds is 0. The van der Waals surface area contributed by atoms with Crippen molar-refractivity contribution in [2.45, 2.75) is 26.4 Å². The standard InChI is InChI=1S/C16H18NO/c1-11-7-5-9-13-14(11)15-12(16(2,3)18-13)8-6-10-17(15)4/h5-10H,1-4H3/q+1. The van der Waals surface area contributed by atoms with Gasteiger partial charge in [0, 0.05) is 6.07 Å². The lowest BCUT2D eigenvalue weighted by molar-refractivity contribution is -0.661. The molecule has 2 heterocycles. The molecule has 0 unspecified atom stereocenters. The minimum atomic E-state index is -0.283. The molecule has 0 saturated heterocycles. The highest BCUT2D eigenvalue weighted by atomic mass is 16.5. The van der Waals surface area contributed by atoms with Crippen molar-refractivity contribution in [3.63, 3.8) is 0 Å². The number of ether oxygens (including phenoxy) is 1. The van der Waals surface area contributed by atoms with Crippen LogP contribution in [0.5, 0.6) is 5.75 Å². The largest absolute Gasteiger partial charge is 0.482 e.